The summed E-state index contributed by atoms with van der Waals surface area (Å²) in [6.07, 6.45) is 3.16. The third-order valence-corrected chi connectivity index (χ3v) is 2.77. The van der Waals surface area contributed by atoms with Crippen LogP contribution < -0.4 is 5.56 Å². The van der Waals surface area contributed by atoms with Crippen LogP contribution in [0.4, 0.5) is 5.69 Å². The second-order valence-corrected chi connectivity index (χ2v) is 4.20. The van der Waals surface area contributed by atoms with E-state index in [0.29, 0.717) is 5.16 Å². The number of hydrogen-bond acceptors (Lipinski definition) is 5. The quantitative estimate of drug-likeness (QED) is 0.503. The molecule has 0 aliphatic heterocycles. The Bertz CT molecular complexity index is 623. The van der Waals surface area contributed by atoms with Gasteiger partial charge in [0.05, 0.1) is 11.9 Å². The zero-order valence-corrected chi connectivity index (χ0v) is 10.4. The molecule has 6 heteroatoms. The number of nitrogens with zero attached hydrogens (tertiary/aromatic N) is 2. The van der Waals surface area contributed by atoms with Gasteiger partial charge in [0.2, 0.25) is 5.75 Å². The van der Waals surface area contributed by atoms with Gasteiger partial charge in [-0.15, -0.1) is 0 Å². The smallest absolute Gasteiger partial charge is 0.294 e. The molecule has 0 unspecified atom stereocenters. The van der Waals surface area contributed by atoms with Crippen LogP contribution in [-0.2, 0) is 0 Å². The van der Waals surface area contributed by atoms with E-state index in [4.69, 9.17) is 0 Å². The molecule has 0 spiro atoms. The predicted molar refractivity (Wildman–Crippen MR) is 72.0 cm³/mol. The number of para-hydroxylation sites is 1. The summed E-state index contributed by atoms with van der Waals surface area (Å²) < 4.78 is 0. The molecule has 0 amide bonds. The van der Waals surface area contributed by atoms with Gasteiger partial charge in [-0.1, -0.05) is 30.0 Å². The molecule has 1 heterocycles. The molecule has 1 aromatic carbocycles. The van der Waals surface area contributed by atoms with Crippen LogP contribution in [0.1, 0.15) is 5.69 Å². The number of hydrogen-bond donors (Lipinski definition) is 2. The Morgan fingerprint density at radius 2 is 2.11 bits per heavy atom. The van der Waals surface area contributed by atoms with E-state index in [9.17, 15) is 9.90 Å². The molecule has 0 radical (unpaired) electrons. The Morgan fingerprint density at radius 3 is 2.78 bits per heavy atom. The summed E-state index contributed by atoms with van der Waals surface area (Å²) in [4.78, 5) is 22.1. The number of rotatable bonds is 3. The van der Waals surface area contributed by atoms with Crippen LogP contribution >= 0.6 is 11.8 Å². The first-order valence-corrected chi connectivity index (χ1v) is 6.39. The topological polar surface area (TPSA) is 78.3 Å². The first-order valence-electron chi connectivity index (χ1n) is 5.17. The second kappa shape index (κ2) is 5.50. The fourth-order valence-electron chi connectivity index (χ4n) is 1.30. The molecule has 0 aliphatic carbocycles. The van der Waals surface area contributed by atoms with Gasteiger partial charge < -0.3 is 5.11 Å². The van der Waals surface area contributed by atoms with E-state index in [1.165, 1.54) is 18.0 Å². The fraction of sp³-hybridized carbons (Fsp3) is 0.0833. The van der Waals surface area contributed by atoms with Gasteiger partial charge in [0.25, 0.3) is 5.56 Å². The van der Waals surface area contributed by atoms with Crippen molar-refractivity contribution < 1.29 is 5.11 Å². The molecule has 5 nitrogen and oxygen atoms in total. The van der Waals surface area contributed by atoms with Crippen LogP contribution in [0, 0.1) is 0 Å². The SMILES string of the molecule is CSc1nc(C=Nc2ccccc2)c(O)c(=O)[nH]1. The number of benzene rings is 1. The molecule has 18 heavy (non-hydrogen) atoms. The Hall–Kier alpha value is -2.08. The number of H-pyrrole nitrogens is 1. The highest BCUT2D eigenvalue weighted by Gasteiger charge is 2.07. The molecule has 0 atom stereocenters. The maximum Gasteiger partial charge on any atom is 0.294 e. The number of aromatic amines is 1. The van der Waals surface area contributed by atoms with Crippen molar-refractivity contribution in [3.63, 3.8) is 0 Å². The van der Waals surface area contributed by atoms with E-state index < -0.39 is 11.3 Å². The third-order valence-electron chi connectivity index (χ3n) is 2.19. The third kappa shape index (κ3) is 2.78. The average Bonchev–Trinajstić information content (AvgIpc) is 2.41. The van der Waals surface area contributed by atoms with Crippen molar-refractivity contribution in [2.45, 2.75) is 5.16 Å². The van der Waals surface area contributed by atoms with E-state index in [2.05, 4.69) is 15.0 Å². The highest BCUT2D eigenvalue weighted by Crippen LogP contribution is 2.14. The zero-order chi connectivity index (χ0) is 13.0. The summed E-state index contributed by atoms with van der Waals surface area (Å²) in [5.41, 5.74) is 0.320. The van der Waals surface area contributed by atoms with E-state index in [0.717, 1.165) is 5.69 Å². The van der Waals surface area contributed by atoms with Crippen LogP contribution in [0.2, 0.25) is 0 Å². The van der Waals surface area contributed by atoms with E-state index in [1.807, 2.05) is 30.3 Å². The van der Waals surface area contributed by atoms with Gasteiger partial charge in [0.1, 0.15) is 5.69 Å². The van der Waals surface area contributed by atoms with Gasteiger partial charge in [0.15, 0.2) is 5.16 Å². The van der Waals surface area contributed by atoms with Crippen LogP contribution in [0.3, 0.4) is 0 Å². The maximum absolute atomic E-state index is 11.4. The normalized spacial score (nSPS) is 10.9. The average molecular weight is 261 g/mol. The highest BCUT2D eigenvalue weighted by molar-refractivity contribution is 7.98. The molecule has 2 aromatic rings. The van der Waals surface area contributed by atoms with Crippen LogP contribution in [-0.4, -0.2) is 27.5 Å². The minimum Gasteiger partial charge on any atom is -0.501 e. The summed E-state index contributed by atoms with van der Waals surface area (Å²) in [6, 6.07) is 9.22. The Morgan fingerprint density at radius 1 is 1.39 bits per heavy atom. The lowest BCUT2D eigenvalue weighted by molar-refractivity contribution is 0.459. The Labute approximate surface area is 108 Å². The molecule has 0 fully saturated rings. The van der Waals surface area contributed by atoms with Crippen molar-refractivity contribution in [3.8, 4) is 5.75 Å². The highest BCUT2D eigenvalue weighted by atomic mass is 32.2. The summed E-state index contributed by atoms with van der Waals surface area (Å²) in [6.45, 7) is 0. The first kappa shape index (κ1) is 12.4. The van der Waals surface area contributed by atoms with E-state index in [-0.39, 0.29) is 5.69 Å². The lowest BCUT2D eigenvalue weighted by Gasteiger charge is -2.00. The summed E-state index contributed by atoms with van der Waals surface area (Å²) >= 11 is 1.29. The zero-order valence-electron chi connectivity index (χ0n) is 9.62. The fourth-order valence-corrected chi connectivity index (χ4v) is 1.68. The van der Waals surface area contributed by atoms with Gasteiger partial charge in [-0.05, 0) is 18.4 Å². The first-order chi connectivity index (χ1) is 8.70. The largest absolute Gasteiger partial charge is 0.501 e. The van der Waals surface area contributed by atoms with Crippen molar-refractivity contribution >= 4 is 23.7 Å². The molecular weight excluding hydrogens is 250 g/mol. The van der Waals surface area contributed by atoms with Gasteiger partial charge in [-0.2, -0.15) is 0 Å². The number of nitrogens with one attached hydrogen (secondary N) is 1. The Kier molecular flexibility index (Phi) is 3.78. The number of aromatic nitrogens is 2. The van der Waals surface area contributed by atoms with E-state index >= 15 is 0 Å². The van der Waals surface area contributed by atoms with E-state index in [1.54, 1.807) is 6.26 Å². The van der Waals surface area contributed by atoms with Crippen LogP contribution in [0.15, 0.2) is 45.3 Å². The van der Waals surface area contributed by atoms with Gasteiger partial charge in [-0.3, -0.25) is 14.8 Å². The molecule has 0 saturated heterocycles. The van der Waals surface area contributed by atoms with Crippen LogP contribution in [0.5, 0.6) is 5.75 Å². The molecular formula is C12H11N3O2S. The standard InChI is InChI=1S/C12H11N3O2S/c1-18-12-14-9(10(16)11(17)15-12)7-13-8-5-3-2-4-6-8/h2-7,16H,1H3,(H,14,15,17). The number of aliphatic imine (C=N–C) groups is 1. The van der Waals surface area contributed by atoms with Crippen molar-refractivity contribution in [3.05, 3.63) is 46.4 Å². The van der Waals surface area contributed by atoms with Gasteiger partial charge in [0, 0.05) is 0 Å². The van der Waals surface area contributed by atoms with Crippen molar-refractivity contribution in [2.24, 2.45) is 4.99 Å². The molecule has 0 saturated carbocycles. The lowest BCUT2D eigenvalue weighted by atomic mass is 10.3. The summed E-state index contributed by atoms with van der Waals surface area (Å²) in [7, 11) is 0. The second-order valence-electron chi connectivity index (χ2n) is 3.40. The Balaban J connectivity index is 2.37. The summed E-state index contributed by atoms with van der Waals surface area (Å²) in [5.74, 6) is -0.424. The maximum atomic E-state index is 11.4. The molecule has 0 aliphatic rings. The lowest BCUT2D eigenvalue weighted by Crippen LogP contribution is -2.11. The van der Waals surface area contributed by atoms with Crippen molar-refractivity contribution in [2.75, 3.05) is 6.26 Å². The van der Waals surface area contributed by atoms with Gasteiger partial charge in [-0.25, -0.2) is 4.98 Å². The molecule has 0 bridgehead atoms. The molecule has 2 rings (SSSR count). The monoisotopic (exact) mass is 261 g/mol. The van der Waals surface area contributed by atoms with Gasteiger partial charge >= 0.3 is 0 Å². The van der Waals surface area contributed by atoms with Crippen molar-refractivity contribution in [1.82, 2.24) is 9.97 Å². The molecule has 1 aromatic heterocycles. The predicted octanol–water partition coefficient (Wildman–Crippen LogP) is 1.95. The number of aromatic hydroxyl groups is 1. The minimum absolute atomic E-state index is 0.159. The summed E-state index contributed by atoms with van der Waals surface area (Å²) in [5, 5.41) is 10.0. The van der Waals surface area contributed by atoms with Crippen LogP contribution in [0.25, 0.3) is 0 Å². The molecule has 92 valence electrons. The van der Waals surface area contributed by atoms with Crippen molar-refractivity contribution in [1.29, 1.82) is 0 Å². The molecule has 2 N–H and O–H groups in total. The number of thioether (sulfide) groups is 1. The minimum atomic E-state index is -0.566.